The number of fused-ring (bicyclic) bond motifs is 8. The van der Waals surface area contributed by atoms with E-state index < -0.39 is 0 Å². The van der Waals surface area contributed by atoms with E-state index in [1.807, 2.05) is 0 Å². The maximum absolute atomic E-state index is 12.2. The van der Waals surface area contributed by atoms with Crippen LogP contribution in [-0.4, -0.2) is 34.6 Å². The van der Waals surface area contributed by atoms with Crippen molar-refractivity contribution in [2.24, 2.45) is 0 Å². The molecular formula is C47H60O5. The van der Waals surface area contributed by atoms with Gasteiger partial charge in [0.05, 0.1) is 6.61 Å². The zero-order valence-electron chi connectivity index (χ0n) is 33.6. The highest BCUT2D eigenvalue weighted by atomic mass is 16.6. The van der Waals surface area contributed by atoms with Crippen LogP contribution < -0.4 is 4.74 Å². The van der Waals surface area contributed by atoms with E-state index >= 15 is 0 Å². The molecule has 52 heavy (non-hydrogen) atoms. The van der Waals surface area contributed by atoms with Crippen molar-refractivity contribution >= 4 is 0 Å². The van der Waals surface area contributed by atoms with Gasteiger partial charge in [-0.25, -0.2) is 0 Å². The van der Waals surface area contributed by atoms with Gasteiger partial charge >= 0.3 is 0 Å². The fourth-order valence-electron chi connectivity index (χ4n) is 7.18. The molecule has 1 aliphatic heterocycles. The molecule has 6 rings (SSSR count). The molecule has 0 radical (unpaired) electrons. The number of epoxide rings is 1. The minimum absolute atomic E-state index is 0.0639. The number of hydrogen-bond acceptors (Lipinski definition) is 5. The first-order chi connectivity index (χ1) is 24.0. The quantitative estimate of drug-likeness (QED) is 0.163. The molecule has 1 atom stereocenters. The number of rotatable bonds is 3. The van der Waals surface area contributed by atoms with Crippen LogP contribution in [0.15, 0.2) is 48.5 Å². The molecule has 4 aromatic rings. The summed E-state index contributed by atoms with van der Waals surface area (Å²) in [6.45, 7) is 27.5. The van der Waals surface area contributed by atoms with Crippen LogP contribution in [0.2, 0.25) is 0 Å². The molecule has 278 valence electrons. The van der Waals surface area contributed by atoms with E-state index in [1.54, 1.807) is 0 Å². The summed E-state index contributed by atoms with van der Waals surface area (Å²) in [5, 5.41) is 36.3. The predicted octanol–water partition coefficient (Wildman–Crippen LogP) is 10.4. The van der Waals surface area contributed by atoms with E-state index in [2.05, 4.69) is 132 Å². The molecule has 1 heterocycles. The molecule has 0 aromatic heterocycles. The highest BCUT2D eigenvalue weighted by Gasteiger charge is 2.29. The van der Waals surface area contributed by atoms with Gasteiger partial charge in [0.15, 0.2) is 0 Å². The van der Waals surface area contributed by atoms with E-state index in [0.29, 0.717) is 38.9 Å². The Kier molecular flexibility index (Phi) is 9.56. The average Bonchev–Trinajstić information content (AvgIpc) is 3.84. The molecule has 2 aliphatic rings. The zero-order valence-corrected chi connectivity index (χ0v) is 33.6. The Bertz CT molecular complexity index is 1880. The van der Waals surface area contributed by atoms with E-state index in [0.717, 1.165) is 66.9 Å². The lowest BCUT2D eigenvalue weighted by Crippen LogP contribution is -2.17. The fraction of sp³-hybridized carbons (Fsp3) is 0.489. The third-order valence-electron chi connectivity index (χ3n) is 10.8. The number of phenolic OH excluding ortho intramolecular Hbond substituents is 3. The second-order valence-electron chi connectivity index (χ2n) is 19.5. The van der Waals surface area contributed by atoms with Gasteiger partial charge in [0.2, 0.25) is 0 Å². The van der Waals surface area contributed by atoms with Crippen LogP contribution in [-0.2, 0) is 52.1 Å². The van der Waals surface area contributed by atoms with Crippen LogP contribution in [0.1, 0.15) is 150 Å². The summed E-state index contributed by atoms with van der Waals surface area (Å²) in [6, 6.07) is 17.1. The van der Waals surface area contributed by atoms with Gasteiger partial charge in [0.1, 0.15) is 35.7 Å². The second-order valence-corrected chi connectivity index (χ2v) is 19.5. The van der Waals surface area contributed by atoms with E-state index in [-0.39, 0.29) is 45.0 Å². The Balaban J connectivity index is 1.70. The topological polar surface area (TPSA) is 82.5 Å². The molecule has 3 N–H and O–H groups in total. The first-order valence-electron chi connectivity index (χ1n) is 19.0. The van der Waals surface area contributed by atoms with Gasteiger partial charge in [-0.2, -0.15) is 0 Å². The minimum Gasteiger partial charge on any atom is -0.507 e. The van der Waals surface area contributed by atoms with Gasteiger partial charge in [-0.3, -0.25) is 0 Å². The molecule has 8 bridgehead atoms. The highest BCUT2D eigenvalue weighted by Crippen LogP contribution is 2.43. The van der Waals surface area contributed by atoms with Crippen molar-refractivity contribution in [3.8, 4) is 23.0 Å². The lowest BCUT2D eigenvalue weighted by atomic mass is 9.79. The van der Waals surface area contributed by atoms with Crippen molar-refractivity contribution in [3.05, 3.63) is 115 Å². The highest BCUT2D eigenvalue weighted by molar-refractivity contribution is 5.59. The minimum atomic E-state index is -0.186. The largest absolute Gasteiger partial charge is 0.507 e. The van der Waals surface area contributed by atoms with E-state index in [4.69, 9.17) is 9.47 Å². The number of ether oxygens (including phenoxy) is 2. The summed E-state index contributed by atoms with van der Waals surface area (Å²) < 4.78 is 12.3. The Hall–Kier alpha value is -3.96. The predicted molar refractivity (Wildman–Crippen MR) is 212 cm³/mol. The van der Waals surface area contributed by atoms with Crippen LogP contribution in [0.25, 0.3) is 0 Å². The summed E-state index contributed by atoms with van der Waals surface area (Å²) in [5.74, 6) is 1.50. The number of phenols is 3. The van der Waals surface area contributed by atoms with Gasteiger partial charge < -0.3 is 24.8 Å². The molecule has 1 aliphatic carbocycles. The van der Waals surface area contributed by atoms with Crippen LogP contribution in [0.5, 0.6) is 23.0 Å². The standard InChI is InChI=1S/C47H60O5/c1-44(2,3)35-17-27-13-29-19-36(45(4,5)6)21-31(41(29)49)15-33-23-38(47(10,11)12)24-34(43(33)52-26-39-25-51-39)16-32-22-37(46(7,8)9)20-30(42(32)50)14-28(18-35)40(27)48/h17-24,39,48-50H,13-16,25-26H2,1-12H3. The monoisotopic (exact) mass is 704 g/mol. The van der Waals surface area contributed by atoms with Gasteiger partial charge in [0.25, 0.3) is 0 Å². The Morgan fingerprint density at radius 2 is 0.692 bits per heavy atom. The number of hydrogen-bond donors (Lipinski definition) is 3. The maximum Gasteiger partial charge on any atom is 0.126 e. The Labute approximate surface area is 312 Å². The van der Waals surface area contributed by atoms with Gasteiger partial charge in [-0.1, -0.05) is 132 Å². The van der Waals surface area contributed by atoms with E-state index in [9.17, 15) is 15.3 Å². The van der Waals surface area contributed by atoms with Crippen molar-refractivity contribution in [2.75, 3.05) is 13.2 Å². The third-order valence-corrected chi connectivity index (χ3v) is 10.8. The molecule has 0 saturated carbocycles. The molecule has 5 heteroatoms. The smallest absolute Gasteiger partial charge is 0.126 e. The number of benzene rings is 4. The van der Waals surface area contributed by atoms with Crippen LogP contribution in [0.4, 0.5) is 0 Å². The summed E-state index contributed by atoms with van der Waals surface area (Å²) in [7, 11) is 0. The molecule has 4 aromatic carbocycles. The van der Waals surface area contributed by atoms with Crippen molar-refractivity contribution in [2.45, 2.75) is 137 Å². The fourth-order valence-corrected chi connectivity index (χ4v) is 7.18. The average molecular weight is 705 g/mol. The molecule has 0 spiro atoms. The van der Waals surface area contributed by atoms with Crippen molar-refractivity contribution in [1.82, 2.24) is 0 Å². The van der Waals surface area contributed by atoms with Crippen molar-refractivity contribution in [3.63, 3.8) is 0 Å². The van der Waals surface area contributed by atoms with E-state index in [1.165, 1.54) is 5.56 Å². The van der Waals surface area contributed by atoms with Gasteiger partial charge in [-0.15, -0.1) is 0 Å². The first-order valence-corrected chi connectivity index (χ1v) is 19.0. The van der Waals surface area contributed by atoms with Crippen LogP contribution in [0.3, 0.4) is 0 Å². The molecule has 1 saturated heterocycles. The zero-order chi connectivity index (χ0) is 38.1. The molecule has 1 unspecified atom stereocenters. The summed E-state index contributed by atoms with van der Waals surface area (Å²) in [5.41, 5.74) is 10.5. The first kappa shape index (κ1) is 37.8. The summed E-state index contributed by atoms with van der Waals surface area (Å²) >= 11 is 0. The lowest BCUT2D eigenvalue weighted by molar-refractivity contribution is 0.259. The molecule has 1 fully saturated rings. The van der Waals surface area contributed by atoms with Gasteiger partial charge in [0, 0.05) is 25.7 Å². The van der Waals surface area contributed by atoms with Crippen molar-refractivity contribution in [1.29, 1.82) is 0 Å². The normalized spacial score (nSPS) is 16.5. The second kappa shape index (κ2) is 13.2. The molecular weight excluding hydrogens is 645 g/mol. The Morgan fingerprint density at radius 3 is 0.923 bits per heavy atom. The summed E-state index contributed by atoms with van der Waals surface area (Å²) in [6.07, 6.45) is 1.70. The van der Waals surface area contributed by atoms with Crippen LogP contribution in [0, 0.1) is 0 Å². The lowest BCUT2D eigenvalue weighted by Gasteiger charge is -2.27. The molecule has 0 amide bonds. The maximum atomic E-state index is 12.2. The van der Waals surface area contributed by atoms with Crippen LogP contribution >= 0.6 is 0 Å². The SMILES string of the molecule is CC(C)(C)c1cc2c(O)c(c1)Cc1cc(C(C)(C)C)cc(c1O)Cc1cc(C(C)(C)C)cc(c1OCC1CO1)Cc1cc(C(C)(C)C)cc(c1O)C2. The van der Waals surface area contributed by atoms with Crippen molar-refractivity contribution < 1.29 is 24.8 Å². The van der Waals surface area contributed by atoms with Gasteiger partial charge in [-0.05, 0) is 88.4 Å². The number of aromatic hydroxyl groups is 3. The third kappa shape index (κ3) is 8.00. The summed E-state index contributed by atoms with van der Waals surface area (Å²) in [4.78, 5) is 0. The molecule has 5 nitrogen and oxygen atoms in total. The Morgan fingerprint density at radius 1 is 0.462 bits per heavy atom.